The van der Waals surface area contributed by atoms with Crippen LogP contribution in [0.1, 0.15) is 59.3 Å². The van der Waals surface area contributed by atoms with Crippen LogP contribution in [0.3, 0.4) is 0 Å². The molecule has 0 aliphatic heterocycles. The van der Waals surface area contributed by atoms with Crippen LogP contribution in [0.2, 0.25) is 0 Å². The van der Waals surface area contributed by atoms with E-state index in [1.165, 1.54) is 19.3 Å². The molecule has 4 heteroatoms. The molecule has 0 spiro atoms. The molecular weight excluding hydrogens is 260 g/mol. The fraction of sp³-hybridized carbons (Fsp3) is 0.933. The van der Waals surface area contributed by atoms with Crippen LogP contribution in [0, 0.1) is 5.41 Å². The lowest BCUT2D eigenvalue weighted by molar-refractivity contribution is -0.156. The zero-order chi connectivity index (χ0) is 14.3. The topological polar surface area (TPSA) is 35.5 Å². The fourth-order valence-electron chi connectivity index (χ4n) is 2.60. The van der Waals surface area contributed by atoms with Gasteiger partial charge in [0.2, 0.25) is 0 Å². The molecule has 0 N–H and O–H groups in total. The van der Waals surface area contributed by atoms with Crippen molar-refractivity contribution in [2.24, 2.45) is 5.41 Å². The molecule has 0 radical (unpaired) electrons. The van der Waals surface area contributed by atoms with Crippen molar-refractivity contribution < 1.29 is 14.3 Å². The number of ether oxygens (including phenoxy) is 2. The van der Waals surface area contributed by atoms with Gasteiger partial charge in [0.25, 0.3) is 0 Å². The summed E-state index contributed by atoms with van der Waals surface area (Å²) in [5, 5.41) is 0.195. The number of hydrogen-bond donors (Lipinski definition) is 1. The summed E-state index contributed by atoms with van der Waals surface area (Å²) in [6.07, 6.45) is 7.24. The SMILES string of the molecule is CC(S)CC(C)(C)C(=O)OCCOC1CCCCC1. The molecule has 0 saturated heterocycles. The van der Waals surface area contributed by atoms with Gasteiger partial charge in [-0.25, -0.2) is 0 Å². The molecule has 1 saturated carbocycles. The Morgan fingerprint density at radius 1 is 1.26 bits per heavy atom. The molecule has 0 aromatic carbocycles. The highest BCUT2D eigenvalue weighted by molar-refractivity contribution is 7.80. The maximum Gasteiger partial charge on any atom is 0.311 e. The number of carbonyl (C=O) groups excluding carboxylic acids is 1. The first-order valence-corrected chi connectivity index (χ1v) is 7.90. The minimum absolute atomic E-state index is 0.152. The van der Waals surface area contributed by atoms with E-state index in [4.69, 9.17) is 9.47 Å². The maximum absolute atomic E-state index is 11.9. The molecule has 1 unspecified atom stereocenters. The van der Waals surface area contributed by atoms with Crippen molar-refractivity contribution in [1.29, 1.82) is 0 Å². The summed E-state index contributed by atoms with van der Waals surface area (Å²) in [6, 6.07) is 0. The van der Waals surface area contributed by atoms with Crippen molar-refractivity contribution >= 4 is 18.6 Å². The molecule has 1 fully saturated rings. The Morgan fingerprint density at radius 3 is 2.47 bits per heavy atom. The van der Waals surface area contributed by atoms with Crippen molar-refractivity contribution in [3.05, 3.63) is 0 Å². The van der Waals surface area contributed by atoms with E-state index in [2.05, 4.69) is 12.6 Å². The quantitative estimate of drug-likeness (QED) is 0.441. The van der Waals surface area contributed by atoms with E-state index in [1.54, 1.807) is 0 Å². The predicted octanol–water partition coefficient (Wildman–Crippen LogP) is 3.61. The lowest BCUT2D eigenvalue weighted by Gasteiger charge is -2.25. The summed E-state index contributed by atoms with van der Waals surface area (Å²) in [4.78, 5) is 11.9. The molecule has 1 aliphatic carbocycles. The van der Waals surface area contributed by atoms with E-state index in [9.17, 15) is 4.79 Å². The molecule has 1 rings (SSSR count). The van der Waals surface area contributed by atoms with E-state index in [0.717, 1.165) is 19.3 Å². The van der Waals surface area contributed by atoms with Crippen molar-refractivity contribution in [3.8, 4) is 0 Å². The smallest absolute Gasteiger partial charge is 0.311 e. The number of carbonyl (C=O) groups is 1. The van der Waals surface area contributed by atoms with Gasteiger partial charge in [-0.2, -0.15) is 12.6 Å². The summed E-state index contributed by atoms with van der Waals surface area (Å²) in [7, 11) is 0. The van der Waals surface area contributed by atoms with Gasteiger partial charge < -0.3 is 9.47 Å². The van der Waals surface area contributed by atoms with E-state index in [1.807, 2.05) is 20.8 Å². The average molecular weight is 288 g/mol. The average Bonchev–Trinajstić information content (AvgIpc) is 2.34. The Labute approximate surface area is 122 Å². The van der Waals surface area contributed by atoms with Gasteiger partial charge >= 0.3 is 5.97 Å². The van der Waals surface area contributed by atoms with Crippen LogP contribution in [0.5, 0.6) is 0 Å². The Bertz CT molecular complexity index is 271. The van der Waals surface area contributed by atoms with Crippen molar-refractivity contribution in [2.45, 2.75) is 70.7 Å². The molecule has 0 amide bonds. The second kappa shape index (κ2) is 8.15. The molecule has 0 aromatic rings. The Kier molecular flexibility index (Phi) is 7.22. The molecule has 0 heterocycles. The number of rotatable bonds is 7. The first kappa shape index (κ1) is 16.8. The lowest BCUT2D eigenvalue weighted by Crippen LogP contribution is -2.30. The molecule has 0 bridgehead atoms. The van der Waals surface area contributed by atoms with E-state index >= 15 is 0 Å². The number of hydrogen-bond acceptors (Lipinski definition) is 4. The van der Waals surface area contributed by atoms with Crippen LogP contribution >= 0.6 is 12.6 Å². The predicted molar refractivity (Wildman–Crippen MR) is 80.6 cm³/mol. The highest BCUT2D eigenvalue weighted by atomic mass is 32.1. The molecule has 1 atom stereocenters. The number of thiol groups is 1. The van der Waals surface area contributed by atoms with Crippen LogP contribution in [-0.2, 0) is 14.3 Å². The lowest BCUT2D eigenvalue weighted by atomic mass is 9.88. The third-order valence-electron chi connectivity index (χ3n) is 3.58. The highest BCUT2D eigenvalue weighted by Crippen LogP contribution is 2.26. The minimum atomic E-state index is -0.466. The van der Waals surface area contributed by atoms with Crippen molar-refractivity contribution in [3.63, 3.8) is 0 Å². The molecule has 0 aromatic heterocycles. The van der Waals surface area contributed by atoms with Gasteiger partial charge in [0.15, 0.2) is 0 Å². The molecule has 1 aliphatic rings. The molecule has 3 nitrogen and oxygen atoms in total. The zero-order valence-corrected chi connectivity index (χ0v) is 13.4. The van der Waals surface area contributed by atoms with Gasteiger partial charge in [-0.15, -0.1) is 0 Å². The summed E-state index contributed by atoms with van der Waals surface area (Å²) >= 11 is 4.33. The van der Waals surface area contributed by atoms with Crippen LogP contribution < -0.4 is 0 Å². The molecule has 112 valence electrons. The summed E-state index contributed by atoms with van der Waals surface area (Å²) < 4.78 is 11.0. The van der Waals surface area contributed by atoms with Gasteiger partial charge in [-0.3, -0.25) is 4.79 Å². The zero-order valence-electron chi connectivity index (χ0n) is 12.5. The second-order valence-corrected chi connectivity index (χ2v) is 7.09. The van der Waals surface area contributed by atoms with Crippen LogP contribution in [-0.4, -0.2) is 30.5 Å². The first-order chi connectivity index (χ1) is 8.92. The third kappa shape index (κ3) is 6.66. The highest BCUT2D eigenvalue weighted by Gasteiger charge is 2.30. The van der Waals surface area contributed by atoms with Gasteiger partial charge in [0.1, 0.15) is 6.61 Å². The normalized spacial score (nSPS) is 19.2. The van der Waals surface area contributed by atoms with E-state index < -0.39 is 5.41 Å². The van der Waals surface area contributed by atoms with Crippen LogP contribution in [0.15, 0.2) is 0 Å². The van der Waals surface area contributed by atoms with E-state index in [-0.39, 0.29) is 11.2 Å². The number of esters is 1. The van der Waals surface area contributed by atoms with Crippen LogP contribution in [0.25, 0.3) is 0 Å². The van der Waals surface area contributed by atoms with Crippen molar-refractivity contribution in [1.82, 2.24) is 0 Å². The Morgan fingerprint density at radius 2 is 1.89 bits per heavy atom. The van der Waals surface area contributed by atoms with E-state index in [0.29, 0.717) is 19.3 Å². The standard InChI is InChI=1S/C15H28O3S/c1-12(19)11-15(2,3)14(16)18-10-9-17-13-7-5-4-6-8-13/h12-13,19H,4-11H2,1-3H3. The maximum atomic E-state index is 11.9. The summed E-state index contributed by atoms with van der Waals surface area (Å²) in [5.41, 5.74) is -0.466. The summed E-state index contributed by atoms with van der Waals surface area (Å²) in [5.74, 6) is -0.152. The Balaban J connectivity index is 2.15. The van der Waals surface area contributed by atoms with Crippen molar-refractivity contribution in [2.75, 3.05) is 13.2 Å². The molecule has 19 heavy (non-hydrogen) atoms. The Hall–Kier alpha value is -0.220. The van der Waals surface area contributed by atoms with Gasteiger partial charge in [-0.05, 0) is 38.4 Å². The van der Waals surface area contributed by atoms with Gasteiger partial charge in [-0.1, -0.05) is 26.2 Å². The van der Waals surface area contributed by atoms with Gasteiger partial charge in [0.05, 0.1) is 18.1 Å². The first-order valence-electron chi connectivity index (χ1n) is 7.39. The summed E-state index contributed by atoms with van der Waals surface area (Å²) in [6.45, 7) is 6.68. The monoisotopic (exact) mass is 288 g/mol. The largest absolute Gasteiger partial charge is 0.463 e. The minimum Gasteiger partial charge on any atom is -0.463 e. The van der Waals surface area contributed by atoms with Gasteiger partial charge in [0, 0.05) is 0 Å². The molecular formula is C15H28O3S. The fourth-order valence-corrected chi connectivity index (χ4v) is 3.05. The third-order valence-corrected chi connectivity index (χ3v) is 3.76. The van der Waals surface area contributed by atoms with Crippen LogP contribution in [0.4, 0.5) is 0 Å². The second-order valence-electron chi connectivity index (χ2n) is 6.20.